The van der Waals surface area contributed by atoms with Gasteiger partial charge in [-0.15, -0.1) is 15.3 Å². The first-order valence-electron chi connectivity index (χ1n) is 9.89. The number of hydrogen-bond acceptors (Lipinski definition) is 8. The number of rotatable bonds is 5. The number of hydrogen-bond donors (Lipinski definition) is 0. The zero-order valence-corrected chi connectivity index (χ0v) is 16.5. The minimum atomic E-state index is -0.0169. The van der Waals surface area contributed by atoms with E-state index in [1.807, 2.05) is 29.2 Å². The Kier molecular flexibility index (Phi) is 5.05. The number of carbonyl (C=O) groups excluding carboxylic acids is 1. The third-order valence-corrected chi connectivity index (χ3v) is 5.09. The van der Waals surface area contributed by atoms with E-state index < -0.39 is 0 Å². The zero-order chi connectivity index (χ0) is 21.0. The first-order chi connectivity index (χ1) is 15.3. The number of nitrogens with zero attached hydrogens (tertiary/aromatic N) is 9. The lowest BCUT2D eigenvalue weighted by molar-refractivity contribution is 0.0586. The molecule has 1 saturated heterocycles. The molecule has 0 N–H and O–H groups in total. The summed E-state index contributed by atoms with van der Waals surface area (Å²) in [6.45, 7) is 1.22. The van der Waals surface area contributed by atoms with Crippen LogP contribution in [-0.2, 0) is 0 Å². The summed E-state index contributed by atoms with van der Waals surface area (Å²) in [5, 5.41) is 23.5. The Morgan fingerprint density at radius 2 is 1.94 bits per heavy atom. The Morgan fingerprint density at radius 3 is 2.65 bits per heavy atom. The standard InChI is InChI=1S/C20H19N9O2/c30-20(15-3-1-4-16(13-15)29-14-21-25-26-29)27-11-7-17(8-12-27)31-19-6-5-18(23-24-19)28-10-2-9-22-28/h1-6,9-10,13-14,17H,7-8,11-12H2. The van der Waals surface area contributed by atoms with Crippen LogP contribution in [-0.4, -0.2) is 70.2 Å². The summed E-state index contributed by atoms with van der Waals surface area (Å²) in [5.74, 6) is 1.08. The third-order valence-electron chi connectivity index (χ3n) is 5.09. The number of ether oxygens (including phenoxy) is 1. The summed E-state index contributed by atoms with van der Waals surface area (Å²) in [5.41, 5.74) is 1.35. The SMILES string of the molecule is O=C(c1cccc(-n2cnnn2)c1)N1CCC(Oc2ccc(-n3cccn3)nn2)CC1. The molecule has 1 aliphatic rings. The van der Waals surface area contributed by atoms with Gasteiger partial charge in [0.2, 0.25) is 5.88 Å². The molecule has 0 unspecified atom stereocenters. The van der Waals surface area contributed by atoms with E-state index in [0.717, 1.165) is 18.5 Å². The quantitative estimate of drug-likeness (QED) is 0.477. The van der Waals surface area contributed by atoms with Gasteiger partial charge in [0.15, 0.2) is 5.82 Å². The van der Waals surface area contributed by atoms with Crippen molar-refractivity contribution in [2.45, 2.75) is 18.9 Å². The Hall–Kier alpha value is -4.15. The van der Waals surface area contributed by atoms with E-state index in [1.54, 1.807) is 35.3 Å². The van der Waals surface area contributed by atoms with Gasteiger partial charge in [0, 0.05) is 50.0 Å². The van der Waals surface area contributed by atoms with Crippen molar-refractivity contribution in [1.29, 1.82) is 0 Å². The normalized spacial score (nSPS) is 14.5. The van der Waals surface area contributed by atoms with Crippen LogP contribution in [0, 0.1) is 0 Å². The minimum Gasteiger partial charge on any atom is -0.473 e. The highest BCUT2D eigenvalue weighted by Crippen LogP contribution is 2.20. The lowest BCUT2D eigenvalue weighted by Gasteiger charge is -2.32. The first kappa shape index (κ1) is 18.9. The molecule has 1 fully saturated rings. The molecule has 0 bridgehead atoms. The molecule has 0 aliphatic carbocycles. The van der Waals surface area contributed by atoms with Crippen molar-refractivity contribution < 1.29 is 9.53 Å². The van der Waals surface area contributed by atoms with Crippen LogP contribution in [0.5, 0.6) is 5.88 Å². The molecule has 0 spiro atoms. The van der Waals surface area contributed by atoms with Gasteiger partial charge in [-0.3, -0.25) is 4.79 Å². The van der Waals surface area contributed by atoms with Crippen molar-refractivity contribution in [3.8, 4) is 17.4 Å². The van der Waals surface area contributed by atoms with Crippen LogP contribution in [0.4, 0.5) is 0 Å². The van der Waals surface area contributed by atoms with Crippen molar-refractivity contribution >= 4 is 5.91 Å². The second kappa shape index (κ2) is 8.30. The van der Waals surface area contributed by atoms with Gasteiger partial charge in [0.1, 0.15) is 12.4 Å². The van der Waals surface area contributed by atoms with Crippen molar-refractivity contribution in [1.82, 2.24) is 45.1 Å². The van der Waals surface area contributed by atoms with Crippen molar-refractivity contribution in [3.05, 3.63) is 66.7 Å². The van der Waals surface area contributed by atoms with E-state index in [-0.39, 0.29) is 12.0 Å². The molecule has 0 saturated carbocycles. The number of aromatic nitrogens is 8. The van der Waals surface area contributed by atoms with E-state index in [1.165, 1.54) is 11.0 Å². The minimum absolute atomic E-state index is 0.0125. The molecule has 156 valence electrons. The molecular weight excluding hydrogens is 398 g/mol. The highest BCUT2D eigenvalue weighted by molar-refractivity contribution is 5.94. The fourth-order valence-electron chi connectivity index (χ4n) is 3.49. The van der Waals surface area contributed by atoms with E-state index in [4.69, 9.17) is 4.74 Å². The Labute approximate surface area is 177 Å². The molecule has 1 aliphatic heterocycles. The highest BCUT2D eigenvalue weighted by atomic mass is 16.5. The topological polar surface area (TPSA) is 117 Å². The average Bonchev–Trinajstić information content (AvgIpc) is 3.54. The fourth-order valence-corrected chi connectivity index (χ4v) is 3.49. The van der Waals surface area contributed by atoms with Gasteiger partial charge < -0.3 is 9.64 Å². The van der Waals surface area contributed by atoms with Gasteiger partial charge >= 0.3 is 0 Å². The number of tetrazole rings is 1. The second-order valence-electron chi connectivity index (χ2n) is 7.09. The van der Waals surface area contributed by atoms with Gasteiger partial charge in [-0.05, 0) is 40.8 Å². The predicted octanol–water partition coefficient (Wildman–Crippen LogP) is 1.32. The van der Waals surface area contributed by atoms with Crippen molar-refractivity contribution in [3.63, 3.8) is 0 Å². The monoisotopic (exact) mass is 417 g/mol. The maximum absolute atomic E-state index is 12.9. The molecule has 4 heterocycles. The van der Waals surface area contributed by atoms with Crippen LogP contribution in [0.1, 0.15) is 23.2 Å². The molecule has 4 aromatic rings. The fraction of sp³-hybridized carbons (Fsp3) is 0.250. The molecule has 11 nitrogen and oxygen atoms in total. The molecule has 1 aromatic carbocycles. The van der Waals surface area contributed by atoms with Crippen LogP contribution < -0.4 is 4.74 Å². The van der Waals surface area contributed by atoms with Crippen molar-refractivity contribution in [2.24, 2.45) is 0 Å². The maximum atomic E-state index is 12.9. The maximum Gasteiger partial charge on any atom is 0.253 e. The molecule has 0 radical (unpaired) electrons. The number of carbonyl (C=O) groups is 1. The summed E-state index contributed by atoms with van der Waals surface area (Å²) in [6, 6.07) is 12.7. The van der Waals surface area contributed by atoms with Crippen LogP contribution in [0.15, 0.2) is 61.2 Å². The summed E-state index contributed by atoms with van der Waals surface area (Å²) in [6.07, 6.45) is 6.42. The van der Waals surface area contributed by atoms with Gasteiger partial charge in [0.05, 0.1) is 5.69 Å². The number of likely N-dealkylation sites (tertiary alicyclic amines) is 1. The summed E-state index contributed by atoms with van der Waals surface area (Å²) < 4.78 is 9.12. The van der Waals surface area contributed by atoms with Crippen LogP contribution in [0.25, 0.3) is 11.5 Å². The van der Waals surface area contributed by atoms with Gasteiger partial charge in [-0.1, -0.05) is 6.07 Å². The molecule has 11 heteroatoms. The van der Waals surface area contributed by atoms with E-state index in [0.29, 0.717) is 30.4 Å². The van der Waals surface area contributed by atoms with E-state index in [9.17, 15) is 4.79 Å². The van der Waals surface area contributed by atoms with E-state index in [2.05, 4.69) is 30.8 Å². The molecule has 3 aromatic heterocycles. The van der Waals surface area contributed by atoms with Gasteiger partial charge in [-0.25, -0.2) is 9.36 Å². The number of amides is 1. The Morgan fingerprint density at radius 1 is 1.03 bits per heavy atom. The van der Waals surface area contributed by atoms with Crippen LogP contribution in [0.2, 0.25) is 0 Å². The van der Waals surface area contributed by atoms with E-state index >= 15 is 0 Å². The molecule has 31 heavy (non-hydrogen) atoms. The second-order valence-corrected chi connectivity index (χ2v) is 7.09. The lowest BCUT2D eigenvalue weighted by Crippen LogP contribution is -2.41. The largest absolute Gasteiger partial charge is 0.473 e. The number of piperidine rings is 1. The summed E-state index contributed by atoms with van der Waals surface area (Å²) in [4.78, 5) is 14.8. The average molecular weight is 417 g/mol. The van der Waals surface area contributed by atoms with Crippen LogP contribution >= 0.6 is 0 Å². The molecule has 5 rings (SSSR count). The smallest absolute Gasteiger partial charge is 0.253 e. The number of benzene rings is 1. The predicted molar refractivity (Wildman–Crippen MR) is 108 cm³/mol. The van der Waals surface area contributed by atoms with Crippen LogP contribution in [0.3, 0.4) is 0 Å². The Bertz CT molecular complexity index is 1140. The summed E-state index contributed by atoms with van der Waals surface area (Å²) in [7, 11) is 0. The molecule has 1 amide bonds. The third kappa shape index (κ3) is 4.10. The van der Waals surface area contributed by atoms with Gasteiger partial charge in [0.25, 0.3) is 5.91 Å². The summed E-state index contributed by atoms with van der Waals surface area (Å²) >= 11 is 0. The molecular formula is C20H19N9O2. The first-order valence-corrected chi connectivity index (χ1v) is 9.89. The van der Waals surface area contributed by atoms with Gasteiger partial charge in [-0.2, -0.15) is 5.10 Å². The zero-order valence-electron chi connectivity index (χ0n) is 16.5. The van der Waals surface area contributed by atoms with Crippen molar-refractivity contribution in [2.75, 3.05) is 13.1 Å². The Balaban J connectivity index is 1.18. The lowest BCUT2D eigenvalue weighted by atomic mass is 10.1. The molecule has 0 atom stereocenters. The highest BCUT2D eigenvalue weighted by Gasteiger charge is 2.25.